The first-order valence-corrected chi connectivity index (χ1v) is 15.7. The van der Waals surface area contributed by atoms with Gasteiger partial charge in [-0.15, -0.1) is 5.75 Å². The molecule has 0 radical (unpaired) electrons. The number of hydrogen-bond donors (Lipinski definition) is 4. The standard InChI is InChI=1S/C31H26N3O13P/c1-14-12-34(31(41)33-28(14)37)26-11-22(25(47-26)13-45-48(42,43)44)32-29(38)15-2-5-18(30(39)40)21(8-15)27-19-6-3-16(35)9-23(19)46-24-10-17(36)4-7-20(24)27/h2-10,12,22,25-26,35H,11,13H2,1H3,(H,32,38)(H,39,40)(H,33,37,41)(H2,42,43,44)/p-2/t22-,25-,26-/m1/s1. The minimum absolute atomic E-state index is 0.0465. The molecule has 3 heterocycles. The van der Waals surface area contributed by atoms with Gasteiger partial charge >= 0.3 is 11.7 Å². The Morgan fingerprint density at radius 3 is 2.60 bits per heavy atom. The third-order valence-electron chi connectivity index (χ3n) is 7.86. The van der Waals surface area contributed by atoms with Crippen molar-refractivity contribution in [1.82, 2.24) is 14.9 Å². The zero-order valence-electron chi connectivity index (χ0n) is 24.7. The molecule has 0 bridgehead atoms. The Bertz CT molecular complexity index is 2300. The number of phosphoric acid groups is 1. The van der Waals surface area contributed by atoms with Crippen LogP contribution in [0.5, 0.6) is 5.75 Å². The molecule has 1 aliphatic carbocycles. The highest BCUT2D eigenvalue weighted by Crippen LogP contribution is 2.42. The number of hydrogen-bond acceptors (Lipinski definition) is 11. The van der Waals surface area contributed by atoms with E-state index in [4.69, 9.17) is 14.0 Å². The Kier molecular flexibility index (Phi) is 8.37. The number of rotatable bonds is 8. The molecule has 48 heavy (non-hydrogen) atoms. The molecule has 6 rings (SSSR count). The summed E-state index contributed by atoms with van der Waals surface area (Å²) in [4.78, 5) is 85.3. The summed E-state index contributed by atoms with van der Waals surface area (Å²) < 4.78 is 28.5. The molecular weight excluding hydrogens is 653 g/mol. The van der Waals surface area contributed by atoms with E-state index in [0.29, 0.717) is 10.9 Å². The lowest BCUT2D eigenvalue weighted by Gasteiger charge is -2.23. The van der Waals surface area contributed by atoms with Gasteiger partial charge in [-0.2, -0.15) is 0 Å². The highest BCUT2D eigenvalue weighted by Gasteiger charge is 2.39. The van der Waals surface area contributed by atoms with Crippen LogP contribution in [0.4, 0.5) is 0 Å². The molecule has 3 aliphatic rings. The van der Waals surface area contributed by atoms with Crippen molar-refractivity contribution in [2.45, 2.75) is 31.7 Å². The van der Waals surface area contributed by atoms with Crippen molar-refractivity contribution in [3.8, 4) is 28.2 Å². The monoisotopic (exact) mass is 677 g/mol. The van der Waals surface area contributed by atoms with E-state index in [1.54, 1.807) is 0 Å². The van der Waals surface area contributed by atoms with Crippen LogP contribution in [0.15, 0.2) is 79.6 Å². The van der Waals surface area contributed by atoms with Crippen molar-refractivity contribution >= 4 is 30.7 Å². The van der Waals surface area contributed by atoms with E-state index in [1.165, 1.54) is 67.7 Å². The number of fused-ring (bicyclic) bond motifs is 2. The molecule has 4 N–H and O–H groups in total. The molecule has 0 saturated carbocycles. The number of aromatic amines is 1. The van der Waals surface area contributed by atoms with Crippen molar-refractivity contribution in [3.63, 3.8) is 0 Å². The van der Waals surface area contributed by atoms with Crippen molar-refractivity contribution in [3.05, 3.63) is 109 Å². The summed E-state index contributed by atoms with van der Waals surface area (Å²) in [6.07, 6.45) is -1.17. The van der Waals surface area contributed by atoms with Crippen LogP contribution >= 0.6 is 7.82 Å². The smallest absolute Gasteiger partial charge is 0.336 e. The van der Waals surface area contributed by atoms with Gasteiger partial charge in [0.1, 0.15) is 23.7 Å². The Labute approximate surface area is 268 Å². The molecule has 1 unspecified atom stereocenters. The lowest BCUT2D eigenvalue weighted by atomic mass is 9.89. The van der Waals surface area contributed by atoms with Gasteiger partial charge in [0.25, 0.3) is 19.3 Å². The van der Waals surface area contributed by atoms with Crippen molar-refractivity contribution < 1.29 is 47.8 Å². The summed E-state index contributed by atoms with van der Waals surface area (Å²) in [6.45, 7) is 0.710. The number of nitrogens with zero attached hydrogens (tertiary/aromatic N) is 1. The van der Waals surface area contributed by atoms with E-state index in [0.717, 1.165) is 4.57 Å². The van der Waals surface area contributed by atoms with Gasteiger partial charge in [0.05, 0.1) is 18.2 Å². The van der Waals surface area contributed by atoms with Crippen LogP contribution in [-0.2, 0) is 13.8 Å². The third kappa shape index (κ3) is 6.43. The number of nitrogens with one attached hydrogen (secondary N) is 2. The van der Waals surface area contributed by atoms with E-state index >= 15 is 0 Å². The SMILES string of the molecule is Cc1cn([C@H]2C[C@@H](NC(=O)c3ccc(C(=O)O)c(-c4c5ccc(=O)cc-5oc5cc([O-])ccc45)c3)[C@@H](COP(=O)([O-])O)O2)c(=O)[nH]c1=O. The second kappa shape index (κ2) is 12.3. The number of aryl methyl sites for hydroxylation is 1. The van der Waals surface area contributed by atoms with Gasteiger partial charge < -0.3 is 39.0 Å². The van der Waals surface area contributed by atoms with Crippen molar-refractivity contribution in [2.75, 3.05) is 6.61 Å². The molecule has 4 atom stereocenters. The summed E-state index contributed by atoms with van der Waals surface area (Å²) in [5, 5.41) is 25.3. The van der Waals surface area contributed by atoms with Crippen LogP contribution in [0.2, 0.25) is 0 Å². The normalized spacial score (nSPS) is 18.9. The summed E-state index contributed by atoms with van der Waals surface area (Å²) in [5.41, 5.74) is -1.19. The summed E-state index contributed by atoms with van der Waals surface area (Å²) in [7, 11) is -5.22. The second-order valence-electron chi connectivity index (χ2n) is 11.0. The molecule has 1 aromatic heterocycles. The fourth-order valence-corrected chi connectivity index (χ4v) is 5.98. The Morgan fingerprint density at radius 1 is 1.10 bits per heavy atom. The number of ether oxygens (including phenoxy) is 1. The van der Waals surface area contributed by atoms with Gasteiger partial charge in [0.15, 0.2) is 5.43 Å². The first kappa shape index (κ1) is 32.6. The summed E-state index contributed by atoms with van der Waals surface area (Å²) >= 11 is 0. The number of aromatic nitrogens is 2. The number of aromatic carboxylic acids is 1. The molecule has 17 heteroatoms. The zero-order chi connectivity index (χ0) is 34.5. The van der Waals surface area contributed by atoms with E-state index in [2.05, 4.69) is 14.8 Å². The quantitative estimate of drug-likeness (QED) is 0.133. The van der Waals surface area contributed by atoms with E-state index in [9.17, 15) is 43.6 Å². The molecule has 1 fully saturated rings. The predicted octanol–water partition coefficient (Wildman–Crippen LogP) is 1.06. The van der Waals surface area contributed by atoms with Crippen molar-refractivity contribution in [1.29, 1.82) is 0 Å². The molecular formula is C31H24N3O13P-2. The minimum Gasteiger partial charge on any atom is -0.872 e. The van der Waals surface area contributed by atoms with E-state index in [1.807, 2.05) is 0 Å². The van der Waals surface area contributed by atoms with Gasteiger partial charge in [-0.05, 0) is 48.9 Å². The fourth-order valence-electron chi connectivity index (χ4n) is 5.65. The van der Waals surface area contributed by atoms with Gasteiger partial charge in [-0.25, -0.2) is 9.59 Å². The van der Waals surface area contributed by atoms with Crippen molar-refractivity contribution in [2.24, 2.45) is 0 Å². The lowest BCUT2D eigenvalue weighted by Crippen LogP contribution is -2.42. The second-order valence-corrected chi connectivity index (χ2v) is 12.2. The first-order valence-electron chi connectivity index (χ1n) is 14.2. The number of H-pyrrole nitrogens is 1. The molecule has 16 nitrogen and oxygen atoms in total. The molecule has 1 amide bonds. The molecule has 2 aromatic carbocycles. The number of carbonyl (C=O) groups is 2. The molecule has 1 saturated heterocycles. The van der Waals surface area contributed by atoms with E-state index in [-0.39, 0.29) is 45.6 Å². The van der Waals surface area contributed by atoms with Gasteiger partial charge in [0, 0.05) is 46.3 Å². The molecule has 248 valence electrons. The molecule has 2 aliphatic heterocycles. The van der Waals surface area contributed by atoms with Crippen LogP contribution in [0.25, 0.3) is 33.4 Å². The number of phosphoric ester groups is 1. The average molecular weight is 678 g/mol. The largest absolute Gasteiger partial charge is 0.872 e. The van der Waals surface area contributed by atoms with Crippen LogP contribution in [-0.4, -0.2) is 50.2 Å². The summed E-state index contributed by atoms with van der Waals surface area (Å²) in [6, 6.07) is 10.5. The fraction of sp³-hybridized carbons (Fsp3) is 0.194. The Hall–Kier alpha value is -5.38. The zero-order valence-corrected chi connectivity index (χ0v) is 25.6. The number of carbonyl (C=O) groups excluding carboxylic acids is 1. The van der Waals surface area contributed by atoms with Gasteiger partial charge in [-0.3, -0.25) is 28.5 Å². The van der Waals surface area contributed by atoms with Crippen LogP contribution in [0.3, 0.4) is 0 Å². The van der Waals surface area contributed by atoms with Crippen LogP contribution in [0.1, 0.15) is 38.9 Å². The third-order valence-corrected chi connectivity index (χ3v) is 8.33. The first-order chi connectivity index (χ1) is 22.7. The number of carboxylic acids is 1. The van der Waals surface area contributed by atoms with Crippen LogP contribution < -0.4 is 32.0 Å². The maximum absolute atomic E-state index is 13.7. The predicted molar refractivity (Wildman–Crippen MR) is 163 cm³/mol. The lowest BCUT2D eigenvalue weighted by molar-refractivity contribution is -0.268. The molecule has 0 spiro atoms. The Morgan fingerprint density at radius 2 is 1.88 bits per heavy atom. The highest BCUT2D eigenvalue weighted by molar-refractivity contribution is 7.44. The number of benzene rings is 3. The maximum atomic E-state index is 13.7. The molecule has 3 aromatic rings. The van der Waals surface area contributed by atoms with E-state index < -0.39 is 67.1 Å². The minimum atomic E-state index is -5.22. The Balaban J connectivity index is 1.41. The summed E-state index contributed by atoms with van der Waals surface area (Å²) in [5.74, 6) is -2.42. The highest BCUT2D eigenvalue weighted by atomic mass is 31.2. The average Bonchev–Trinajstić information content (AvgIpc) is 3.41. The maximum Gasteiger partial charge on any atom is 0.336 e. The topological polar surface area (TPSA) is 253 Å². The van der Waals surface area contributed by atoms with Gasteiger partial charge in [0.2, 0.25) is 0 Å². The number of carboxylic acid groups (broad SMARTS) is 1. The van der Waals surface area contributed by atoms with Gasteiger partial charge in [-0.1, -0.05) is 12.1 Å². The van der Waals surface area contributed by atoms with Crippen LogP contribution in [0, 0.1) is 6.92 Å². The number of amides is 1.